The summed E-state index contributed by atoms with van der Waals surface area (Å²) in [6.07, 6.45) is 1.37. The van der Waals surface area contributed by atoms with E-state index in [2.05, 4.69) is 0 Å². The molecule has 56 valence electrons. The second kappa shape index (κ2) is 10.4. The second-order valence-electron chi connectivity index (χ2n) is 1.32. The lowest BCUT2D eigenvalue weighted by Crippen LogP contribution is -2.29. The Balaban J connectivity index is 0. The Kier molecular flexibility index (Phi) is 13.0. The maximum Gasteiger partial charge on any atom is 0.233 e. The van der Waals surface area contributed by atoms with Crippen LogP contribution in [0.3, 0.4) is 0 Å². The molecule has 0 atom stereocenters. The third kappa shape index (κ3) is 11.2. The van der Waals surface area contributed by atoms with E-state index in [0.717, 1.165) is 6.42 Å². The van der Waals surface area contributed by atoms with Gasteiger partial charge >= 0.3 is 0 Å². The molecule has 3 N–H and O–H groups in total. The van der Waals surface area contributed by atoms with Gasteiger partial charge in [-0.25, -0.2) is 5.84 Å². The molecule has 0 aromatic heterocycles. The Morgan fingerprint density at radius 1 is 1.56 bits per heavy atom. The van der Waals surface area contributed by atoms with Crippen LogP contribution in [0.1, 0.15) is 33.6 Å². The van der Waals surface area contributed by atoms with Gasteiger partial charge in [-0.05, 0) is 6.42 Å². The predicted octanol–water partition coefficient (Wildman–Crippen LogP) is 0.803. The Labute approximate surface area is 56.6 Å². The number of hydrazine groups is 1. The average molecular weight is 132 g/mol. The van der Waals surface area contributed by atoms with E-state index >= 15 is 0 Å². The van der Waals surface area contributed by atoms with E-state index in [1.165, 1.54) is 0 Å². The highest BCUT2D eigenvalue weighted by molar-refractivity contribution is 5.74. The van der Waals surface area contributed by atoms with E-state index in [0.29, 0.717) is 6.42 Å². The molecule has 0 aliphatic rings. The zero-order valence-corrected chi connectivity index (χ0v) is 6.40. The minimum atomic E-state index is -0.0949. The highest BCUT2D eigenvalue weighted by Crippen LogP contribution is 1.81. The van der Waals surface area contributed by atoms with Crippen LogP contribution in [0.4, 0.5) is 0 Å². The van der Waals surface area contributed by atoms with Crippen molar-refractivity contribution in [2.24, 2.45) is 5.84 Å². The Hall–Kier alpha value is -0.570. The largest absolute Gasteiger partial charge is 0.294 e. The smallest absolute Gasteiger partial charge is 0.233 e. The highest BCUT2D eigenvalue weighted by atomic mass is 16.2. The molecule has 0 heterocycles. The van der Waals surface area contributed by atoms with E-state index in [-0.39, 0.29) is 5.91 Å². The van der Waals surface area contributed by atoms with Crippen molar-refractivity contribution in [3.05, 3.63) is 0 Å². The number of rotatable bonds is 2. The summed E-state index contributed by atoms with van der Waals surface area (Å²) >= 11 is 0. The molecule has 0 fully saturated rings. The van der Waals surface area contributed by atoms with Crippen molar-refractivity contribution < 1.29 is 4.79 Å². The van der Waals surface area contributed by atoms with Gasteiger partial charge in [-0.1, -0.05) is 20.8 Å². The van der Waals surface area contributed by atoms with Crippen LogP contribution in [-0.4, -0.2) is 5.91 Å². The molecule has 0 aromatic carbocycles. The highest BCUT2D eigenvalue weighted by Gasteiger charge is 1.90. The van der Waals surface area contributed by atoms with Crippen molar-refractivity contribution in [3.8, 4) is 0 Å². The molecule has 0 aliphatic carbocycles. The van der Waals surface area contributed by atoms with Gasteiger partial charge in [0.05, 0.1) is 0 Å². The maximum atomic E-state index is 10.2. The summed E-state index contributed by atoms with van der Waals surface area (Å²) in [7, 11) is 0. The molecular formula is C6H16N2O. The van der Waals surface area contributed by atoms with Crippen LogP contribution in [0, 0.1) is 0 Å². The predicted molar refractivity (Wildman–Crippen MR) is 38.6 cm³/mol. The molecule has 0 aromatic rings. The van der Waals surface area contributed by atoms with Crippen molar-refractivity contribution in [3.63, 3.8) is 0 Å². The van der Waals surface area contributed by atoms with Crippen LogP contribution >= 0.6 is 0 Å². The van der Waals surface area contributed by atoms with E-state index < -0.39 is 0 Å². The van der Waals surface area contributed by atoms with Gasteiger partial charge in [0.2, 0.25) is 5.91 Å². The van der Waals surface area contributed by atoms with E-state index in [1.54, 1.807) is 0 Å². The van der Waals surface area contributed by atoms with Crippen LogP contribution < -0.4 is 11.3 Å². The van der Waals surface area contributed by atoms with E-state index in [9.17, 15) is 4.79 Å². The topological polar surface area (TPSA) is 55.1 Å². The molecule has 0 saturated heterocycles. The maximum absolute atomic E-state index is 10.2. The quantitative estimate of drug-likeness (QED) is 0.332. The molecule has 3 nitrogen and oxygen atoms in total. The third-order valence-electron chi connectivity index (χ3n) is 0.638. The SMILES string of the molecule is CC.CCCC(=O)NN. The zero-order valence-electron chi connectivity index (χ0n) is 6.40. The van der Waals surface area contributed by atoms with Crippen molar-refractivity contribution in [2.45, 2.75) is 33.6 Å². The first-order valence-corrected chi connectivity index (χ1v) is 3.30. The van der Waals surface area contributed by atoms with Crippen molar-refractivity contribution in [1.82, 2.24) is 5.43 Å². The monoisotopic (exact) mass is 132 g/mol. The first kappa shape index (κ1) is 11.3. The molecule has 0 bridgehead atoms. The van der Waals surface area contributed by atoms with Gasteiger partial charge < -0.3 is 0 Å². The normalized spacial score (nSPS) is 7.11. The first-order chi connectivity index (χ1) is 4.31. The Morgan fingerprint density at radius 3 is 2.11 bits per heavy atom. The number of carbonyl (C=O) groups is 1. The molecular weight excluding hydrogens is 116 g/mol. The van der Waals surface area contributed by atoms with Crippen LogP contribution in [0.15, 0.2) is 0 Å². The number of amides is 1. The van der Waals surface area contributed by atoms with Crippen LogP contribution in [0.2, 0.25) is 0 Å². The van der Waals surface area contributed by atoms with Gasteiger partial charge in [-0.2, -0.15) is 0 Å². The minimum absolute atomic E-state index is 0.0949. The summed E-state index contributed by atoms with van der Waals surface area (Å²) in [6, 6.07) is 0. The van der Waals surface area contributed by atoms with Gasteiger partial charge in [0.15, 0.2) is 0 Å². The molecule has 3 heteroatoms. The van der Waals surface area contributed by atoms with Gasteiger partial charge in [0.25, 0.3) is 0 Å². The van der Waals surface area contributed by atoms with Crippen LogP contribution in [0.25, 0.3) is 0 Å². The summed E-state index contributed by atoms with van der Waals surface area (Å²) in [5.41, 5.74) is 2.03. The molecule has 0 rings (SSSR count). The molecule has 0 saturated carbocycles. The van der Waals surface area contributed by atoms with Gasteiger partial charge in [0, 0.05) is 6.42 Å². The standard InChI is InChI=1S/C4H10N2O.C2H6/c1-2-3-4(7)6-5;1-2/h2-3,5H2,1H3,(H,6,7);1-2H3. The fraction of sp³-hybridized carbons (Fsp3) is 0.833. The number of hydrogen-bond donors (Lipinski definition) is 2. The third-order valence-corrected chi connectivity index (χ3v) is 0.638. The summed E-state index contributed by atoms with van der Waals surface area (Å²) in [4.78, 5) is 10.2. The fourth-order valence-electron chi connectivity index (χ4n) is 0.299. The van der Waals surface area contributed by atoms with Gasteiger partial charge in [0.1, 0.15) is 0 Å². The first-order valence-electron chi connectivity index (χ1n) is 3.30. The summed E-state index contributed by atoms with van der Waals surface area (Å²) in [5, 5.41) is 0. The second-order valence-corrected chi connectivity index (χ2v) is 1.32. The molecule has 0 radical (unpaired) electrons. The number of hydrogen-bond acceptors (Lipinski definition) is 2. The molecule has 0 spiro atoms. The minimum Gasteiger partial charge on any atom is -0.294 e. The molecule has 1 amide bonds. The van der Waals surface area contributed by atoms with E-state index in [4.69, 9.17) is 5.84 Å². The fourth-order valence-corrected chi connectivity index (χ4v) is 0.299. The molecule has 0 unspecified atom stereocenters. The van der Waals surface area contributed by atoms with Crippen molar-refractivity contribution in [1.29, 1.82) is 0 Å². The number of nitrogens with two attached hydrogens (primary N) is 1. The zero-order chi connectivity index (χ0) is 7.70. The van der Waals surface area contributed by atoms with Crippen LogP contribution in [-0.2, 0) is 4.79 Å². The van der Waals surface area contributed by atoms with Crippen LogP contribution in [0.5, 0.6) is 0 Å². The molecule has 9 heavy (non-hydrogen) atoms. The summed E-state index contributed by atoms with van der Waals surface area (Å²) in [5.74, 6) is 4.66. The number of carbonyl (C=O) groups excluding carboxylic acids is 1. The van der Waals surface area contributed by atoms with E-state index in [1.807, 2.05) is 26.2 Å². The van der Waals surface area contributed by atoms with Crippen molar-refractivity contribution in [2.75, 3.05) is 0 Å². The lowest BCUT2D eigenvalue weighted by molar-refractivity contribution is -0.121. The number of nitrogens with one attached hydrogen (secondary N) is 1. The average Bonchev–Trinajstić information content (AvgIpc) is 1.93. The Bertz CT molecular complexity index is 64.1. The van der Waals surface area contributed by atoms with Crippen molar-refractivity contribution >= 4 is 5.91 Å². The molecule has 0 aliphatic heterocycles. The summed E-state index contributed by atoms with van der Waals surface area (Å²) in [6.45, 7) is 5.93. The lowest BCUT2D eigenvalue weighted by atomic mass is 10.3. The Morgan fingerprint density at radius 2 is 2.00 bits per heavy atom. The van der Waals surface area contributed by atoms with Gasteiger partial charge in [-0.15, -0.1) is 0 Å². The van der Waals surface area contributed by atoms with Gasteiger partial charge in [-0.3, -0.25) is 10.2 Å². The summed E-state index contributed by atoms with van der Waals surface area (Å²) < 4.78 is 0. The lowest BCUT2D eigenvalue weighted by Gasteiger charge is -1.91.